The molecular formula is C19H21NO5. The molecule has 0 bridgehead atoms. The van der Waals surface area contributed by atoms with Crippen LogP contribution in [-0.4, -0.2) is 31.2 Å². The first-order valence-electron chi connectivity index (χ1n) is 8.00. The average Bonchev–Trinajstić information content (AvgIpc) is 2.62. The molecule has 0 aliphatic rings. The highest BCUT2D eigenvalue weighted by molar-refractivity contribution is 5.95. The van der Waals surface area contributed by atoms with Gasteiger partial charge in [-0.3, -0.25) is 4.79 Å². The van der Waals surface area contributed by atoms with Crippen molar-refractivity contribution in [2.24, 2.45) is 0 Å². The fraction of sp³-hybridized carbons (Fsp3) is 0.263. The van der Waals surface area contributed by atoms with Gasteiger partial charge in [-0.15, -0.1) is 0 Å². The zero-order chi connectivity index (χ0) is 18.1. The van der Waals surface area contributed by atoms with Crippen LogP contribution in [0.25, 0.3) is 0 Å². The number of esters is 1. The number of carbonyl (C=O) groups excluding carboxylic acids is 2. The molecule has 2 aromatic rings. The highest BCUT2D eigenvalue weighted by atomic mass is 16.6. The summed E-state index contributed by atoms with van der Waals surface area (Å²) in [6.07, 6.45) is -0.932. The number of hydrogen-bond donors (Lipinski definition) is 1. The second-order valence-electron chi connectivity index (χ2n) is 5.16. The maximum absolute atomic E-state index is 12.0. The van der Waals surface area contributed by atoms with Gasteiger partial charge in [0.1, 0.15) is 0 Å². The van der Waals surface area contributed by atoms with E-state index in [0.717, 1.165) is 0 Å². The van der Waals surface area contributed by atoms with Crippen LogP contribution in [0.2, 0.25) is 0 Å². The van der Waals surface area contributed by atoms with Gasteiger partial charge in [-0.2, -0.15) is 0 Å². The summed E-state index contributed by atoms with van der Waals surface area (Å²) in [4.78, 5) is 23.9. The summed E-state index contributed by atoms with van der Waals surface area (Å²) in [5.41, 5.74) is 0.636. The molecule has 132 valence electrons. The van der Waals surface area contributed by atoms with E-state index in [4.69, 9.17) is 14.2 Å². The minimum absolute atomic E-state index is 0.312. The third-order valence-corrected chi connectivity index (χ3v) is 3.21. The van der Waals surface area contributed by atoms with E-state index in [2.05, 4.69) is 5.32 Å². The highest BCUT2D eigenvalue weighted by Gasteiger charge is 2.18. The van der Waals surface area contributed by atoms with Crippen molar-refractivity contribution in [1.29, 1.82) is 0 Å². The molecule has 0 fully saturated rings. The molecule has 1 amide bonds. The van der Waals surface area contributed by atoms with Gasteiger partial charge in [-0.25, -0.2) is 4.79 Å². The lowest BCUT2D eigenvalue weighted by Crippen LogP contribution is -2.31. The molecule has 1 N–H and O–H groups in total. The van der Waals surface area contributed by atoms with Gasteiger partial charge in [-0.1, -0.05) is 30.3 Å². The van der Waals surface area contributed by atoms with Crippen LogP contribution in [0.4, 0.5) is 5.69 Å². The van der Waals surface area contributed by atoms with Crippen molar-refractivity contribution in [3.63, 3.8) is 0 Å². The molecule has 0 heterocycles. The van der Waals surface area contributed by atoms with E-state index in [0.29, 0.717) is 23.8 Å². The summed E-state index contributed by atoms with van der Waals surface area (Å²) in [6.45, 7) is 3.54. The van der Waals surface area contributed by atoms with Crippen LogP contribution >= 0.6 is 0 Å². The Balaban J connectivity index is 1.82. The van der Waals surface area contributed by atoms with Crippen molar-refractivity contribution in [3.8, 4) is 11.5 Å². The monoisotopic (exact) mass is 343 g/mol. The van der Waals surface area contributed by atoms with E-state index in [1.165, 1.54) is 6.92 Å². The van der Waals surface area contributed by atoms with Gasteiger partial charge in [0.15, 0.2) is 24.2 Å². The number of anilines is 1. The van der Waals surface area contributed by atoms with Crippen LogP contribution in [0, 0.1) is 0 Å². The Labute approximate surface area is 146 Å². The Morgan fingerprint density at radius 2 is 1.56 bits per heavy atom. The second kappa shape index (κ2) is 9.32. The molecule has 0 aliphatic carbocycles. The Hall–Kier alpha value is -3.02. The average molecular weight is 343 g/mol. The number of carbonyl (C=O) groups is 2. The van der Waals surface area contributed by atoms with Gasteiger partial charge >= 0.3 is 5.97 Å². The van der Waals surface area contributed by atoms with Crippen LogP contribution in [0.3, 0.4) is 0 Å². The van der Waals surface area contributed by atoms with Crippen molar-refractivity contribution in [1.82, 2.24) is 0 Å². The van der Waals surface area contributed by atoms with Gasteiger partial charge in [0.05, 0.1) is 6.61 Å². The Morgan fingerprint density at radius 3 is 2.20 bits per heavy atom. The summed E-state index contributed by atoms with van der Waals surface area (Å²) in [6, 6.07) is 16.0. The minimum Gasteiger partial charge on any atom is -0.490 e. The molecule has 25 heavy (non-hydrogen) atoms. The van der Waals surface area contributed by atoms with Crippen LogP contribution < -0.4 is 14.8 Å². The molecule has 0 radical (unpaired) electrons. The lowest BCUT2D eigenvalue weighted by molar-refractivity contribution is -0.155. The van der Waals surface area contributed by atoms with Crippen molar-refractivity contribution in [2.45, 2.75) is 20.0 Å². The molecule has 6 heteroatoms. The molecule has 0 unspecified atom stereocenters. The molecule has 0 spiro atoms. The van der Waals surface area contributed by atoms with Gasteiger partial charge in [-0.05, 0) is 38.1 Å². The molecule has 0 saturated carbocycles. The van der Waals surface area contributed by atoms with E-state index in [1.807, 2.05) is 19.1 Å². The summed E-state index contributed by atoms with van der Waals surface area (Å²) < 4.78 is 15.9. The minimum atomic E-state index is -0.932. The molecular weight excluding hydrogens is 322 g/mol. The molecule has 2 aromatic carbocycles. The lowest BCUT2D eigenvalue weighted by atomic mass is 10.3. The summed E-state index contributed by atoms with van der Waals surface area (Å²) in [5.74, 6) is -0.0494. The first-order chi connectivity index (χ1) is 12.1. The number of benzene rings is 2. The third-order valence-electron chi connectivity index (χ3n) is 3.21. The standard InChI is InChI=1S/C19H21NO5/c1-3-23-16-11-7-8-12-17(16)24-13-18(21)25-14(2)19(22)20-15-9-5-4-6-10-15/h4-12,14H,3,13H2,1-2H3,(H,20,22)/t14-/m1/s1. The number of amides is 1. The summed E-state index contributed by atoms with van der Waals surface area (Å²) >= 11 is 0. The smallest absolute Gasteiger partial charge is 0.344 e. The van der Waals surface area contributed by atoms with Crippen molar-refractivity contribution < 1.29 is 23.8 Å². The second-order valence-corrected chi connectivity index (χ2v) is 5.16. The molecule has 1 atom stereocenters. The predicted molar refractivity (Wildman–Crippen MR) is 93.7 cm³/mol. The molecule has 0 aliphatic heterocycles. The third kappa shape index (κ3) is 5.84. The lowest BCUT2D eigenvalue weighted by Gasteiger charge is -2.15. The SMILES string of the molecule is CCOc1ccccc1OCC(=O)O[C@H](C)C(=O)Nc1ccccc1. The fourth-order valence-corrected chi connectivity index (χ4v) is 2.03. The Morgan fingerprint density at radius 1 is 0.960 bits per heavy atom. The van der Waals surface area contributed by atoms with E-state index in [1.54, 1.807) is 42.5 Å². The summed E-state index contributed by atoms with van der Waals surface area (Å²) in [5, 5.41) is 2.67. The normalized spacial score (nSPS) is 11.3. The van der Waals surface area contributed by atoms with Crippen LogP contribution in [0.1, 0.15) is 13.8 Å². The Kier molecular flexibility index (Phi) is 6.83. The predicted octanol–water partition coefficient (Wildman–Crippen LogP) is 3.03. The van der Waals surface area contributed by atoms with Crippen LogP contribution in [0.5, 0.6) is 11.5 Å². The topological polar surface area (TPSA) is 73.9 Å². The molecule has 2 rings (SSSR count). The zero-order valence-corrected chi connectivity index (χ0v) is 14.2. The first kappa shape index (κ1) is 18.3. The molecule has 0 saturated heterocycles. The van der Waals surface area contributed by atoms with Gasteiger partial charge in [0.25, 0.3) is 5.91 Å². The highest BCUT2D eigenvalue weighted by Crippen LogP contribution is 2.26. The first-order valence-corrected chi connectivity index (χ1v) is 8.00. The number of hydrogen-bond acceptors (Lipinski definition) is 5. The maximum Gasteiger partial charge on any atom is 0.344 e. The number of ether oxygens (including phenoxy) is 3. The van der Waals surface area contributed by atoms with Crippen molar-refractivity contribution in [2.75, 3.05) is 18.5 Å². The quantitative estimate of drug-likeness (QED) is 0.746. The number of para-hydroxylation sites is 3. The van der Waals surface area contributed by atoms with Gasteiger partial charge < -0.3 is 19.5 Å². The zero-order valence-electron chi connectivity index (χ0n) is 14.2. The van der Waals surface area contributed by atoms with E-state index < -0.39 is 18.0 Å². The van der Waals surface area contributed by atoms with E-state index in [-0.39, 0.29) is 6.61 Å². The summed E-state index contributed by atoms with van der Waals surface area (Å²) in [7, 11) is 0. The molecule has 6 nitrogen and oxygen atoms in total. The number of nitrogens with one attached hydrogen (secondary N) is 1. The Bertz CT molecular complexity index is 702. The van der Waals surface area contributed by atoms with Gasteiger partial charge in [0.2, 0.25) is 0 Å². The van der Waals surface area contributed by atoms with Crippen LogP contribution in [0.15, 0.2) is 54.6 Å². The largest absolute Gasteiger partial charge is 0.490 e. The number of rotatable bonds is 8. The van der Waals surface area contributed by atoms with Crippen molar-refractivity contribution >= 4 is 17.6 Å². The van der Waals surface area contributed by atoms with Crippen LogP contribution in [-0.2, 0) is 14.3 Å². The fourth-order valence-electron chi connectivity index (χ4n) is 2.03. The van der Waals surface area contributed by atoms with Gasteiger partial charge in [0, 0.05) is 5.69 Å². The molecule has 0 aromatic heterocycles. The van der Waals surface area contributed by atoms with Crippen molar-refractivity contribution in [3.05, 3.63) is 54.6 Å². The van der Waals surface area contributed by atoms with E-state index >= 15 is 0 Å². The maximum atomic E-state index is 12.0. The van der Waals surface area contributed by atoms with E-state index in [9.17, 15) is 9.59 Å².